The smallest absolute Gasteiger partial charge is 0.303 e. The summed E-state index contributed by atoms with van der Waals surface area (Å²) in [5.74, 6) is -0.180. The maximum atomic E-state index is 13.5. The zero-order valence-electron chi connectivity index (χ0n) is 21.2. The molecule has 0 aliphatic heterocycles. The second kappa shape index (κ2) is 11.0. The lowest BCUT2D eigenvalue weighted by molar-refractivity contribution is -0.137. The number of fused-ring (bicyclic) bond motifs is 1. The second-order valence-electron chi connectivity index (χ2n) is 10.7. The summed E-state index contributed by atoms with van der Waals surface area (Å²) in [5, 5.41) is 8.83. The van der Waals surface area contributed by atoms with Gasteiger partial charge >= 0.3 is 5.97 Å². The molecule has 5 rings (SSSR count). The number of hydrogen-bond acceptors (Lipinski definition) is 3. The van der Waals surface area contributed by atoms with Crippen molar-refractivity contribution in [3.05, 3.63) is 95.2 Å². The van der Waals surface area contributed by atoms with E-state index in [9.17, 15) is 13.2 Å². The van der Waals surface area contributed by atoms with E-state index in [2.05, 4.69) is 24.6 Å². The number of carboxylic acid groups (broad SMARTS) is 1. The minimum atomic E-state index is -3.60. The highest BCUT2D eigenvalue weighted by Crippen LogP contribution is 2.61. The van der Waals surface area contributed by atoms with Crippen LogP contribution in [0.5, 0.6) is 0 Å². The van der Waals surface area contributed by atoms with Gasteiger partial charge in [-0.05, 0) is 66.1 Å². The molecule has 192 valence electrons. The highest BCUT2D eigenvalue weighted by molar-refractivity contribution is 7.89. The summed E-state index contributed by atoms with van der Waals surface area (Å²) < 4.78 is 30.1. The molecule has 2 aromatic rings. The Morgan fingerprint density at radius 2 is 1.67 bits per heavy atom. The molecule has 0 aromatic heterocycles. The first-order valence-corrected chi connectivity index (χ1v) is 14.5. The Balaban J connectivity index is 1.54. The lowest BCUT2D eigenvalue weighted by Crippen LogP contribution is -2.51. The number of hydrogen-bond donors (Lipinski definition) is 2. The van der Waals surface area contributed by atoms with E-state index in [4.69, 9.17) is 5.11 Å². The fourth-order valence-electron chi connectivity index (χ4n) is 5.82. The first-order chi connectivity index (χ1) is 17.2. The van der Waals surface area contributed by atoms with Crippen molar-refractivity contribution in [1.29, 1.82) is 0 Å². The molecule has 3 aliphatic rings. The van der Waals surface area contributed by atoms with Crippen LogP contribution in [0.3, 0.4) is 0 Å². The summed E-state index contributed by atoms with van der Waals surface area (Å²) in [7, 11) is -3.60. The molecule has 5 nitrogen and oxygen atoms in total. The van der Waals surface area contributed by atoms with E-state index < -0.39 is 16.0 Å². The monoisotopic (exact) mass is 507 g/mol. The SMILES string of the molecule is CC1(C)[C@H]2CC(NS(=O)(=O)CC(c3ccccc3)c3ccccc3)=C(CC=CCCCC(=O)O)[C@@H]1C2. The molecule has 0 unspecified atom stereocenters. The molecule has 0 saturated heterocycles. The summed E-state index contributed by atoms with van der Waals surface area (Å²) in [6, 6.07) is 19.7. The minimum absolute atomic E-state index is 0.0123. The van der Waals surface area contributed by atoms with Crippen molar-refractivity contribution in [3.63, 3.8) is 0 Å². The Morgan fingerprint density at radius 3 is 2.22 bits per heavy atom. The van der Waals surface area contributed by atoms with Gasteiger partial charge in [0.05, 0.1) is 5.75 Å². The first-order valence-electron chi connectivity index (χ1n) is 12.9. The summed E-state index contributed by atoms with van der Waals surface area (Å²) in [6.07, 6.45) is 8.17. The van der Waals surface area contributed by atoms with Gasteiger partial charge in [0.25, 0.3) is 0 Å². The van der Waals surface area contributed by atoms with Gasteiger partial charge in [0.2, 0.25) is 10.0 Å². The Hall–Kier alpha value is -2.86. The molecule has 1 saturated carbocycles. The topological polar surface area (TPSA) is 83.5 Å². The van der Waals surface area contributed by atoms with E-state index in [1.807, 2.05) is 66.7 Å². The van der Waals surface area contributed by atoms with Gasteiger partial charge < -0.3 is 5.11 Å². The molecule has 0 radical (unpaired) electrons. The molecule has 6 heteroatoms. The van der Waals surface area contributed by atoms with Crippen molar-refractivity contribution in [2.45, 2.75) is 58.3 Å². The zero-order chi connectivity index (χ0) is 25.8. The highest BCUT2D eigenvalue weighted by Gasteiger charge is 2.53. The number of aliphatic carboxylic acids is 1. The molecule has 0 spiro atoms. The molecule has 2 aromatic carbocycles. The van der Waals surface area contributed by atoms with E-state index in [0.717, 1.165) is 29.7 Å². The fraction of sp³-hybridized carbons (Fsp3) is 0.433. The van der Waals surface area contributed by atoms with Crippen LogP contribution in [0.1, 0.15) is 69.4 Å². The van der Waals surface area contributed by atoms with E-state index >= 15 is 0 Å². The van der Waals surface area contributed by atoms with E-state index in [1.54, 1.807) is 0 Å². The molecule has 2 bridgehead atoms. The second-order valence-corrected chi connectivity index (χ2v) is 12.5. The maximum absolute atomic E-state index is 13.5. The van der Waals surface area contributed by atoms with Crippen LogP contribution in [0.15, 0.2) is 84.1 Å². The third kappa shape index (κ3) is 6.09. The largest absolute Gasteiger partial charge is 0.481 e. The Morgan fingerprint density at radius 1 is 1.06 bits per heavy atom. The van der Waals surface area contributed by atoms with Gasteiger partial charge in [-0.15, -0.1) is 0 Å². The van der Waals surface area contributed by atoms with E-state index in [0.29, 0.717) is 31.1 Å². The lowest BCUT2D eigenvalue weighted by Gasteiger charge is -2.58. The van der Waals surface area contributed by atoms with Gasteiger partial charge in [-0.1, -0.05) is 86.7 Å². The van der Waals surface area contributed by atoms with Crippen LogP contribution in [0, 0.1) is 17.3 Å². The number of benzene rings is 2. The molecule has 36 heavy (non-hydrogen) atoms. The van der Waals surface area contributed by atoms with Gasteiger partial charge in [-0.2, -0.15) is 0 Å². The minimum Gasteiger partial charge on any atom is -0.481 e. The van der Waals surface area contributed by atoms with Crippen LogP contribution in [-0.2, 0) is 14.8 Å². The van der Waals surface area contributed by atoms with Crippen LogP contribution >= 0.6 is 0 Å². The lowest BCUT2D eigenvalue weighted by atomic mass is 9.48. The van der Waals surface area contributed by atoms with Gasteiger partial charge in [-0.3, -0.25) is 9.52 Å². The van der Waals surface area contributed by atoms with Crippen molar-refractivity contribution in [2.24, 2.45) is 17.3 Å². The Kier molecular flexibility index (Phi) is 8.04. The van der Waals surface area contributed by atoms with Gasteiger partial charge in [0.1, 0.15) is 0 Å². The predicted molar refractivity (Wildman–Crippen MR) is 144 cm³/mol. The summed E-state index contributed by atoms with van der Waals surface area (Å²) in [6.45, 7) is 4.57. The van der Waals surface area contributed by atoms with Crippen LogP contribution in [-0.4, -0.2) is 25.2 Å². The van der Waals surface area contributed by atoms with Crippen LogP contribution in [0.4, 0.5) is 0 Å². The van der Waals surface area contributed by atoms with Crippen LogP contribution in [0.2, 0.25) is 0 Å². The highest BCUT2D eigenvalue weighted by atomic mass is 32.2. The summed E-state index contributed by atoms with van der Waals surface area (Å²) >= 11 is 0. The van der Waals surface area contributed by atoms with Crippen LogP contribution < -0.4 is 4.72 Å². The molecular weight excluding hydrogens is 470 g/mol. The van der Waals surface area contributed by atoms with Gasteiger partial charge in [0.15, 0.2) is 0 Å². The Labute approximate surface area is 215 Å². The van der Waals surface area contributed by atoms with Crippen molar-refractivity contribution in [2.75, 3.05) is 5.75 Å². The van der Waals surface area contributed by atoms with Gasteiger partial charge in [0, 0.05) is 18.0 Å². The number of sulfonamides is 1. The zero-order valence-corrected chi connectivity index (χ0v) is 22.0. The maximum Gasteiger partial charge on any atom is 0.303 e. The fourth-order valence-corrected chi connectivity index (χ4v) is 7.31. The Bertz CT molecular complexity index is 1180. The van der Waals surface area contributed by atoms with E-state index in [-0.39, 0.29) is 23.5 Å². The third-order valence-electron chi connectivity index (χ3n) is 8.06. The van der Waals surface area contributed by atoms with E-state index in [1.165, 1.54) is 5.57 Å². The molecule has 1 fully saturated rings. The molecule has 0 amide bonds. The number of carbonyl (C=O) groups is 1. The number of rotatable bonds is 12. The van der Waals surface area contributed by atoms with Gasteiger partial charge in [-0.25, -0.2) is 8.42 Å². The number of nitrogens with one attached hydrogen (secondary N) is 1. The number of unbranched alkanes of at least 4 members (excludes halogenated alkanes) is 1. The average molecular weight is 508 g/mol. The van der Waals surface area contributed by atoms with Crippen molar-refractivity contribution < 1.29 is 18.3 Å². The van der Waals surface area contributed by atoms with Crippen molar-refractivity contribution in [1.82, 2.24) is 4.72 Å². The first kappa shape index (κ1) is 26.2. The quantitative estimate of drug-likeness (QED) is 0.262. The standard InChI is InChI=1S/C30H37NO4S/c1-30(2)24-19-27(30)25(17-11-3-4-12-18-29(32)33)28(20-24)31-36(34,35)21-26(22-13-7-5-8-14-22)23-15-9-6-10-16-23/h3,5-11,13-16,24,26-27,31H,4,12,17-21H2,1-2H3,(H,32,33)/t24-,27+/m1/s1. The predicted octanol–water partition coefficient (Wildman–Crippen LogP) is 6.26. The summed E-state index contributed by atoms with van der Waals surface area (Å²) in [5.41, 5.74) is 4.21. The van der Waals surface area contributed by atoms with Crippen molar-refractivity contribution in [3.8, 4) is 0 Å². The third-order valence-corrected chi connectivity index (χ3v) is 9.39. The average Bonchev–Trinajstić information content (AvgIpc) is 2.85. The summed E-state index contributed by atoms with van der Waals surface area (Å²) in [4.78, 5) is 10.7. The molecule has 2 atom stereocenters. The molecular formula is C30H37NO4S. The molecule has 3 aliphatic carbocycles. The normalized spacial score (nSPS) is 21.0. The van der Waals surface area contributed by atoms with Crippen molar-refractivity contribution >= 4 is 16.0 Å². The number of carboxylic acids is 1. The molecule has 2 N–H and O–H groups in total. The van der Waals surface area contributed by atoms with Crippen LogP contribution in [0.25, 0.3) is 0 Å². The molecule has 0 heterocycles. The number of allylic oxidation sites excluding steroid dienone is 4.